The summed E-state index contributed by atoms with van der Waals surface area (Å²) in [6.07, 6.45) is 0. The molecule has 1 aromatic carbocycles. The first-order valence-corrected chi connectivity index (χ1v) is 5.20. The van der Waals surface area contributed by atoms with E-state index in [1.54, 1.807) is 13.8 Å². The van der Waals surface area contributed by atoms with Crippen LogP contribution in [0.25, 0.3) is 0 Å². The Bertz CT molecular complexity index is 421. The second-order valence-corrected chi connectivity index (χ2v) is 4.20. The first-order valence-electron chi connectivity index (χ1n) is 4.82. The molecule has 0 bridgehead atoms. The molecule has 0 aliphatic carbocycles. The van der Waals surface area contributed by atoms with Crippen LogP contribution < -0.4 is 5.84 Å². The molecule has 1 amide bonds. The lowest BCUT2D eigenvalue weighted by Gasteiger charge is -2.18. The molecular weight excluding hydrogens is 231 g/mol. The molecule has 3 nitrogen and oxygen atoms in total. The van der Waals surface area contributed by atoms with Gasteiger partial charge in [-0.25, -0.2) is 10.2 Å². The van der Waals surface area contributed by atoms with Gasteiger partial charge >= 0.3 is 0 Å². The maximum atomic E-state index is 13.4. The van der Waals surface area contributed by atoms with Crippen molar-refractivity contribution in [1.82, 2.24) is 5.01 Å². The van der Waals surface area contributed by atoms with E-state index in [0.29, 0.717) is 16.1 Å². The number of nitrogens with two attached hydrogens (primary N) is 1. The molecule has 0 aromatic heterocycles. The van der Waals surface area contributed by atoms with E-state index >= 15 is 0 Å². The highest BCUT2D eigenvalue weighted by atomic mass is 35.5. The van der Waals surface area contributed by atoms with Crippen LogP contribution in [0.2, 0.25) is 5.02 Å². The number of rotatable bonds is 2. The van der Waals surface area contributed by atoms with E-state index in [2.05, 4.69) is 0 Å². The minimum absolute atomic E-state index is 0.315. The Hall–Kier alpha value is -1.13. The van der Waals surface area contributed by atoms with E-state index in [4.69, 9.17) is 17.4 Å². The molecule has 88 valence electrons. The van der Waals surface area contributed by atoms with Crippen molar-refractivity contribution in [3.8, 4) is 0 Å². The second-order valence-electron chi connectivity index (χ2n) is 3.79. The van der Waals surface area contributed by atoms with Crippen LogP contribution in [0.15, 0.2) is 12.1 Å². The molecule has 16 heavy (non-hydrogen) atoms. The summed E-state index contributed by atoms with van der Waals surface area (Å²) in [4.78, 5) is 11.6. The molecule has 2 N–H and O–H groups in total. The number of aryl methyl sites for hydroxylation is 1. The quantitative estimate of drug-likeness (QED) is 0.493. The fraction of sp³-hybridized carbons (Fsp3) is 0.364. The lowest BCUT2D eigenvalue weighted by Crippen LogP contribution is -2.36. The SMILES string of the molecule is Cc1cc(Cl)c(C(C)C(=O)N(C)N)cc1F. The largest absolute Gasteiger partial charge is 0.283 e. The van der Waals surface area contributed by atoms with E-state index in [9.17, 15) is 9.18 Å². The predicted molar refractivity (Wildman–Crippen MR) is 61.5 cm³/mol. The van der Waals surface area contributed by atoms with Crippen molar-refractivity contribution in [2.75, 3.05) is 7.05 Å². The summed E-state index contributed by atoms with van der Waals surface area (Å²) in [7, 11) is 1.44. The van der Waals surface area contributed by atoms with E-state index in [1.807, 2.05) is 0 Å². The first kappa shape index (κ1) is 12.9. The van der Waals surface area contributed by atoms with Crippen molar-refractivity contribution >= 4 is 17.5 Å². The lowest BCUT2D eigenvalue weighted by atomic mass is 9.98. The topological polar surface area (TPSA) is 46.3 Å². The molecule has 5 heteroatoms. The van der Waals surface area contributed by atoms with Crippen LogP contribution in [-0.2, 0) is 4.79 Å². The number of hydrazine groups is 1. The van der Waals surface area contributed by atoms with Gasteiger partial charge in [-0.3, -0.25) is 9.80 Å². The molecule has 0 fully saturated rings. The van der Waals surface area contributed by atoms with Crippen LogP contribution in [0.4, 0.5) is 4.39 Å². The van der Waals surface area contributed by atoms with Gasteiger partial charge in [-0.15, -0.1) is 0 Å². The van der Waals surface area contributed by atoms with Gasteiger partial charge in [-0.05, 0) is 37.1 Å². The van der Waals surface area contributed by atoms with Crippen LogP contribution in [-0.4, -0.2) is 18.0 Å². The van der Waals surface area contributed by atoms with Crippen molar-refractivity contribution in [2.24, 2.45) is 5.84 Å². The van der Waals surface area contributed by atoms with Crippen molar-refractivity contribution in [2.45, 2.75) is 19.8 Å². The Morgan fingerprint density at radius 2 is 2.12 bits per heavy atom. The third kappa shape index (κ3) is 2.51. The molecule has 1 aromatic rings. The van der Waals surface area contributed by atoms with E-state index < -0.39 is 5.92 Å². The molecule has 1 rings (SSSR count). The minimum atomic E-state index is -0.558. The highest BCUT2D eigenvalue weighted by Gasteiger charge is 2.21. The van der Waals surface area contributed by atoms with Crippen LogP contribution in [0.1, 0.15) is 24.0 Å². The van der Waals surface area contributed by atoms with Crippen LogP contribution >= 0.6 is 11.6 Å². The van der Waals surface area contributed by atoms with Gasteiger partial charge in [0.25, 0.3) is 0 Å². The Labute approximate surface area is 99.0 Å². The number of likely N-dealkylation sites (N-methyl/N-ethyl adjacent to an activating group) is 1. The zero-order chi connectivity index (χ0) is 12.5. The van der Waals surface area contributed by atoms with Gasteiger partial charge in [-0.1, -0.05) is 11.6 Å². The van der Waals surface area contributed by atoms with Gasteiger partial charge in [0.2, 0.25) is 5.91 Å². The minimum Gasteiger partial charge on any atom is -0.283 e. The standard InChI is InChI=1S/C11H14ClFN2O/c1-6-4-9(12)8(5-10(6)13)7(2)11(16)15(3)14/h4-5,7H,14H2,1-3H3. The number of hydrogen-bond acceptors (Lipinski definition) is 2. The van der Waals surface area contributed by atoms with Gasteiger partial charge in [-0.2, -0.15) is 0 Å². The van der Waals surface area contributed by atoms with Crippen molar-refractivity contribution < 1.29 is 9.18 Å². The maximum absolute atomic E-state index is 13.4. The van der Waals surface area contributed by atoms with E-state index in [1.165, 1.54) is 19.2 Å². The van der Waals surface area contributed by atoms with Crippen molar-refractivity contribution in [3.63, 3.8) is 0 Å². The first-order chi connectivity index (χ1) is 7.34. The monoisotopic (exact) mass is 244 g/mol. The Kier molecular flexibility index (Phi) is 3.88. The van der Waals surface area contributed by atoms with Gasteiger partial charge in [0.1, 0.15) is 5.82 Å². The Morgan fingerprint density at radius 1 is 1.56 bits per heavy atom. The van der Waals surface area contributed by atoms with Crippen LogP contribution in [0.5, 0.6) is 0 Å². The number of nitrogens with zero attached hydrogens (tertiary/aromatic N) is 1. The second kappa shape index (κ2) is 4.80. The molecule has 0 heterocycles. The number of carbonyl (C=O) groups excluding carboxylic acids is 1. The average molecular weight is 245 g/mol. The summed E-state index contributed by atoms with van der Waals surface area (Å²) in [5.74, 6) is 4.09. The normalized spacial score (nSPS) is 12.4. The zero-order valence-corrected chi connectivity index (χ0v) is 10.2. The molecular formula is C11H14ClFN2O. The fourth-order valence-electron chi connectivity index (χ4n) is 1.43. The molecule has 0 saturated heterocycles. The smallest absolute Gasteiger partial charge is 0.243 e. The zero-order valence-electron chi connectivity index (χ0n) is 9.42. The Balaban J connectivity index is 3.14. The number of halogens is 2. The van der Waals surface area contributed by atoms with E-state index in [0.717, 1.165) is 5.01 Å². The fourth-order valence-corrected chi connectivity index (χ4v) is 1.81. The van der Waals surface area contributed by atoms with Crippen molar-refractivity contribution in [3.05, 3.63) is 34.1 Å². The average Bonchev–Trinajstić information content (AvgIpc) is 2.21. The van der Waals surface area contributed by atoms with Gasteiger partial charge in [0, 0.05) is 12.1 Å². The van der Waals surface area contributed by atoms with Crippen molar-refractivity contribution in [1.29, 1.82) is 0 Å². The summed E-state index contributed by atoms with van der Waals surface area (Å²) in [5, 5.41) is 1.35. The summed E-state index contributed by atoms with van der Waals surface area (Å²) in [6.45, 7) is 3.26. The van der Waals surface area contributed by atoms with Crippen LogP contribution in [0, 0.1) is 12.7 Å². The molecule has 0 saturated carbocycles. The number of benzene rings is 1. The third-order valence-electron chi connectivity index (χ3n) is 2.46. The molecule has 1 atom stereocenters. The highest BCUT2D eigenvalue weighted by Crippen LogP contribution is 2.27. The summed E-state index contributed by atoms with van der Waals surface area (Å²) in [6, 6.07) is 2.79. The third-order valence-corrected chi connectivity index (χ3v) is 2.79. The van der Waals surface area contributed by atoms with Crippen LogP contribution in [0.3, 0.4) is 0 Å². The summed E-state index contributed by atoms with van der Waals surface area (Å²) >= 11 is 5.97. The predicted octanol–water partition coefficient (Wildman–Crippen LogP) is 2.22. The van der Waals surface area contributed by atoms with Gasteiger partial charge in [0.05, 0.1) is 5.92 Å². The Morgan fingerprint density at radius 3 is 2.62 bits per heavy atom. The molecule has 0 aliphatic rings. The summed E-state index contributed by atoms with van der Waals surface area (Å²) < 4.78 is 13.4. The molecule has 0 radical (unpaired) electrons. The maximum Gasteiger partial charge on any atom is 0.243 e. The summed E-state index contributed by atoms with van der Waals surface area (Å²) in [5.41, 5.74) is 0.904. The number of carbonyl (C=O) groups is 1. The van der Waals surface area contributed by atoms with Gasteiger partial charge in [0.15, 0.2) is 0 Å². The number of hydrogen-bond donors (Lipinski definition) is 1. The highest BCUT2D eigenvalue weighted by molar-refractivity contribution is 6.31. The molecule has 0 aliphatic heterocycles. The van der Waals surface area contributed by atoms with Gasteiger partial charge < -0.3 is 0 Å². The number of amides is 1. The van der Waals surface area contributed by atoms with E-state index in [-0.39, 0.29) is 11.7 Å². The lowest BCUT2D eigenvalue weighted by molar-refractivity contribution is -0.131. The molecule has 1 unspecified atom stereocenters. The molecule has 0 spiro atoms.